The van der Waals surface area contributed by atoms with E-state index in [-0.39, 0.29) is 23.1 Å². The van der Waals surface area contributed by atoms with Crippen LogP contribution in [-0.4, -0.2) is 31.4 Å². The summed E-state index contributed by atoms with van der Waals surface area (Å²) in [6, 6.07) is 11.6. The Morgan fingerprint density at radius 3 is 1.23 bits per heavy atom. The predicted octanol–water partition coefficient (Wildman–Crippen LogP) is 3.69. The van der Waals surface area contributed by atoms with Gasteiger partial charge in [0.25, 0.3) is 0 Å². The molecule has 0 aliphatic heterocycles. The van der Waals surface area contributed by atoms with E-state index in [1.165, 1.54) is 48.5 Å². The third kappa shape index (κ3) is 3.75. The number of Topliss-reactive ketones (excluding diaryl/α,β-unsaturated/α-hetero) is 2. The largest absolute Gasteiger partial charge is 0.508 e. The Morgan fingerprint density at radius 1 is 0.682 bits per heavy atom. The fourth-order valence-electron chi connectivity index (χ4n) is 1.84. The van der Waals surface area contributed by atoms with E-state index in [4.69, 9.17) is 0 Å². The van der Waals surface area contributed by atoms with Crippen molar-refractivity contribution in [2.75, 3.05) is 0 Å². The molecule has 0 aliphatic rings. The van der Waals surface area contributed by atoms with Crippen LogP contribution in [0.5, 0.6) is 11.5 Å². The highest BCUT2D eigenvalue weighted by Crippen LogP contribution is 2.24. The first-order chi connectivity index (χ1) is 10.4. The topological polar surface area (TPSA) is 74.6 Å². The van der Waals surface area contributed by atoms with Gasteiger partial charge in [0.2, 0.25) is 0 Å². The number of hydrogen-bond donors (Lipinski definition) is 2. The lowest BCUT2D eigenvalue weighted by molar-refractivity contribution is 0.0934. The molecule has 0 amide bonds. The quantitative estimate of drug-likeness (QED) is 0.563. The molecule has 0 spiro atoms. The molecule has 0 radical (unpaired) electrons. The van der Waals surface area contributed by atoms with Gasteiger partial charge in [0.15, 0.2) is 11.6 Å². The number of phenols is 2. The third-order valence-corrected chi connectivity index (χ3v) is 5.66. The van der Waals surface area contributed by atoms with E-state index in [9.17, 15) is 19.8 Å². The van der Waals surface area contributed by atoms with Gasteiger partial charge in [-0.25, -0.2) is 0 Å². The molecule has 0 heterocycles. The van der Waals surface area contributed by atoms with Crippen molar-refractivity contribution in [2.24, 2.45) is 0 Å². The molecular formula is C16H12Br2O4. The summed E-state index contributed by atoms with van der Waals surface area (Å²) in [5.41, 5.74) is 0.783. The highest BCUT2D eigenvalue weighted by atomic mass is 79.9. The molecule has 114 valence electrons. The number of benzene rings is 2. The second-order valence-corrected chi connectivity index (χ2v) is 6.60. The Balaban J connectivity index is 2.15. The first-order valence-corrected chi connectivity index (χ1v) is 8.18. The van der Waals surface area contributed by atoms with Gasteiger partial charge in [-0.2, -0.15) is 0 Å². The lowest BCUT2D eigenvalue weighted by Gasteiger charge is -2.15. The van der Waals surface area contributed by atoms with Gasteiger partial charge < -0.3 is 10.2 Å². The zero-order valence-corrected chi connectivity index (χ0v) is 14.4. The number of hydrogen-bond acceptors (Lipinski definition) is 4. The number of carbonyl (C=O) groups excluding carboxylic acids is 2. The smallest absolute Gasteiger partial charge is 0.178 e. The van der Waals surface area contributed by atoms with Gasteiger partial charge in [-0.05, 0) is 48.5 Å². The van der Waals surface area contributed by atoms with Crippen molar-refractivity contribution < 1.29 is 19.8 Å². The van der Waals surface area contributed by atoms with E-state index in [0.717, 1.165) is 0 Å². The van der Waals surface area contributed by atoms with Crippen LogP contribution in [0.1, 0.15) is 20.7 Å². The van der Waals surface area contributed by atoms with Crippen LogP contribution in [0, 0.1) is 0 Å². The first kappa shape index (κ1) is 16.7. The van der Waals surface area contributed by atoms with Crippen LogP contribution in [0.25, 0.3) is 0 Å². The van der Waals surface area contributed by atoms with Crippen LogP contribution < -0.4 is 0 Å². The minimum atomic E-state index is -0.752. The molecule has 0 aliphatic carbocycles. The van der Waals surface area contributed by atoms with Crippen LogP contribution >= 0.6 is 31.9 Å². The predicted molar refractivity (Wildman–Crippen MR) is 90.3 cm³/mol. The van der Waals surface area contributed by atoms with E-state index < -0.39 is 9.65 Å². The van der Waals surface area contributed by atoms with Gasteiger partial charge in [-0.3, -0.25) is 9.59 Å². The summed E-state index contributed by atoms with van der Waals surface area (Å²) < 4.78 is 0. The fraction of sp³-hybridized carbons (Fsp3) is 0.125. The van der Waals surface area contributed by atoms with Crippen molar-refractivity contribution in [3.8, 4) is 11.5 Å². The Morgan fingerprint density at radius 2 is 0.955 bits per heavy atom. The van der Waals surface area contributed by atoms with Gasteiger partial charge >= 0.3 is 0 Å². The minimum absolute atomic E-state index is 0.0678. The van der Waals surface area contributed by atoms with Crippen LogP contribution in [0.4, 0.5) is 0 Å². The van der Waals surface area contributed by atoms with E-state index in [2.05, 4.69) is 31.9 Å². The maximum atomic E-state index is 12.3. The molecule has 22 heavy (non-hydrogen) atoms. The average Bonchev–Trinajstić information content (AvgIpc) is 2.53. The van der Waals surface area contributed by atoms with Gasteiger partial charge in [0.1, 0.15) is 11.5 Å². The second kappa shape index (κ2) is 7.07. The molecule has 2 aromatic rings. The molecule has 0 fully saturated rings. The van der Waals surface area contributed by atoms with Crippen molar-refractivity contribution in [1.29, 1.82) is 0 Å². The van der Waals surface area contributed by atoms with Crippen molar-refractivity contribution in [3.63, 3.8) is 0 Å². The molecule has 0 saturated carbocycles. The van der Waals surface area contributed by atoms with Crippen LogP contribution in [0.2, 0.25) is 0 Å². The molecule has 2 N–H and O–H groups in total. The van der Waals surface area contributed by atoms with E-state index in [1.807, 2.05) is 0 Å². The lowest BCUT2D eigenvalue weighted by atomic mass is 10.0. The Bertz CT molecular complexity index is 619. The molecule has 4 nitrogen and oxygen atoms in total. The van der Waals surface area contributed by atoms with Crippen LogP contribution in [0.15, 0.2) is 48.5 Å². The summed E-state index contributed by atoms with van der Waals surface area (Å²) >= 11 is 6.49. The summed E-state index contributed by atoms with van der Waals surface area (Å²) in [6.07, 6.45) is 0. The molecule has 2 aromatic carbocycles. The minimum Gasteiger partial charge on any atom is -0.508 e. The Hall–Kier alpha value is -1.66. The van der Waals surface area contributed by atoms with E-state index in [1.54, 1.807) is 0 Å². The van der Waals surface area contributed by atoms with Gasteiger partial charge in [-0.1, -0.05) is 31.9 Å². The number of halogens is 2. The molecule has 2 rings (SSSR count). The van der Waals surface area contributed by atoms with Crippen molar-refractivity contribution in [1.82, 2.24) is 0 Å². The average molecular weight is 428 g/mol. The monoisotopic (exact) mass is 426 g/mol. The van der Waals surface area contributed by atoms with E-state index in [0.29, 0.717) is 11.1 Å². The van der Waals surface area contributed by atoms with Gasteiger partial charge in [-0.15, -0.1) is 0 Å². The summed E-state index contributed by atoms with van der Waals surface area (Å²) in [5, 5.41) is 18.5. The number of ketones is 2. The summed E-state index contributed by atoms with van der Waals surface area (Å²) in [5.74, 6) is -0.403. The summed E-state index contributed by atoms with van der Waals surface area (Å²) in [7, 11) is 0. The maximum Gasteiger partial charge on any atom is 0.178 e. The van der Waals surface area contributed by atoms with Crippen molar-refractivity contribution in [2.45, 2.75) is 9.65 Å². The molecule has 0 aromatic heterocycles. The summed E-state index contributed by atoms with van der Waals surface area (Å²) in [4.78, 5) is 23.2. The number of alkyl halides is 2. The third-order valence-electron chi connectivity index (χ3n) is 3.06. The van der Waals surface area contributed by atoms with Gasteiger partial charge in [0.05, 0.1) is 9.65 Å². The second-order valence-electron chi connectivity index (χ2n) is 4.63. The Kier molecular flexibility index (Phi) is 5.37. The molecule has 0 bridgehead atoms. The zero-order valence-electron chi connectivity index (χ0n) is 11.2. The molecule has 6 heteroatoms. The number of phenolic OH excluding ortho intramolecular Hbond substituents is 2. The molecule has 0 saturated heterocycles. The molecular weight excluding hydrogens is 416 g/mol. The maximum absolute atomic E-state index is 12.3. The van der Waals surface area contributed by atoms with Crippen LogP contribution in [0.3, 0.4) is 0 Å². The van der Waals surface area contributed by atoms with Crippen molar-refractivity contribution in [3.05, 3.63) is 59.7 Å². The van der Waals surface area contributed by atoms with E-state index >= 15 is 0 Å². The lowest BCUT2D eigenvalue weighted by Crippen LogP contribution is -2.31. The van der Waals surface area contributed by atoms with Crippen LogP contribution in [-0.2, 0) is 0 Å². The van der Waals surface area contributed by atoms with Gasteiger partial charge in [0, 0.05) is 11.1 Å². The highest BCUT2D eigenvalue weighted by molar-refractivity contribution is 9.12. The molecule has 0 unspecified atom stereocenters. The molecule has 2 atom stereocenters. The SMILES string of the molecule is O=C(c1ccc(O)cc1)[C@H](Br)[C@@H](Br)C(=O)c1ccc(O)cc1. The van der Waals surface area contributed by atoms with Crippen molar-refractivity contribution >= 4 is 43.4 Å². The number of carbonyl (C=O) groups is 2. The zero-order chi connectivity index (χ0) is 16.3. The first-order valence-electron chi connectivity index (χ1n) is 6.35. The Labute approximate surface area is 144 Å². The standard InChI is InChI=1S/C16H12Br2O4/c17-13(15(21)9-1-5-11(19)6-2-9)14(18)16(22)10-3-7-12(20)8-4-10/h1-8,13-14,19-20H/t13-,14-/m1/s1. The normalized spacial score (nSPS) is 13.4. The summed E-state index contributed by atoms with van der Waals surface area (Å²) in [6.45, 7) is 0. The number of rotatable bonds is 5. The highest BCUT2D eigenvalue weighted by Gasteiger charge is 2.30. The fourth-order valence-corrected chi connectivity index (χ4v) is 2.84. The number of aromatic hydroxyl groups is 2.